The van der Waals surface area contributed by atoms with Crippen LogP contribution >= 0.6 is 0 Å². The van der Waals surface area contributed by atoms with Crippen molar-refractivity contribution in [2.75, 3.05) is 23.4 Å². The number of carbonyl (C=O) groups excluding carboxylic acids is 3. The van der Waals surface area contributed by atoms with Crippen molar-refractivity contribution in [3.05, 3.63) is 59.7 Å². The molecule has 1 N–H and O–H groups in total. The number of aryl methyl sites for hydroxylation is 2. The van der Waals surface area contributed by atoms with Gasteiger partial charge in [-0.05, 0) is 49.6 Å². The summed E-state index contributed by atoms with van der Waals surface area (Å²) in [7, 11) is 0. The van der Waals surface area contributed by atoms with Gasteiger partial charge in [-0.15, -0.1) is 0 Å². The lowest BCUT2D eigenvalue weighted by Crippen LogP contribution is -2.28. The first-order valence-corrected chi connectivity index (χ1v) is 10.4. The number of nitrogens with one attached hydrogen (secondary N) is 1. The Morgan fingerprint density at radius 3 is 2.47 bits per heavy atom. The lowest BCUT2D eigenvalue weighted by Gasteiger charge is -2.17. The number of nitrogens with zero attached hydrogens (tertiary/aromatic N) is 1. The Hall–Kier alpha value is -3.15. The Labute approximate surface area is 177 Å². The number of carbonyl (C=O) groups is 3. The Morgan fingerprint density at radius 2 is 1.80 bits per heavy atom. The third-order valence-corrected chi connectivity index (χ3v) is 5.21. The third kappa shape index (κ3) is 5.69. The van der Waals surface area contributed by atoms with Crippen molar-refractivity contribution < 1.29 is 19.1 Å². The van der Waals surface area contributed by atoms with Gasteiger partial charge in [0, 0.05) is 24.3 Å². The molecular weight excluding hydrogens is 380 g/mol. The summed E-state index contributed by atoms with van der Waals surface area (Å²) in [4.78, 5) is 38.4. The topological polar surface area (TPSA) is 75.7 Å². The van der Waals surface area contributed by atoms with E-state index in [2.05, 4.69) is 12.2 Å². The molecule has 0 spiro atoms. The number of rotatable bonds is 8. The second-order valence-corrected chi connectivity index (χ2v) is 7.70. The summed E-state index contributed by atoms with van der Waals surface area (Å²) in [5, 5.41) is 2.68. The quantitative estimate of drug-likeness (QED) is 0.673. The normalized spacial score (nSPS) is 15.9. The van der Waals surface area contributed by atoms with E-state index in [1.165, 1.54) is 5.56 Å². The molecule has 0 saturated carbocycles. The van der Waals surface area contributed by atoms with Crippen molar-refractivity contribution >= 4 is 29.2 Å². The molecule has 1 saturated heterocycles. The summed E-state index contributed by atoms with van der Waals surface area (Å²) >= 11 is 0. The molecule has 1 unspecified atom stereocenters. The Morgan fingerprint density at radius 1 is 1.10 bits per heavy atom. The first kappa shape index (κ1) is 21.6. The van der Waals surface area contributed by atoms with Crippen molar-refractivity contribution in [1.29, 1.82) is 0 Å². The molecule has 2 aromatic rings. The minimum absolute atomic E-state index is 0.0933. The fourth-order valence-electron chi connectivity index (χ4n) is 3.43. The zero-order chi connectivity index (χ0) is 21.5. The molecule has 1 aliphatic rings. The molecule has 0 aromatic heterocycles. The van der Waals surface area contributed by atoms with Gasteiger partial charge in [-0.2, -0.15) is 0 Å². The molecule has 1 fully saturated rings. The molecule has 1 atom stereocenters. The van der Waals surface area contributed by atoms with Gasteiger partial charge >= 0.3 is 5.97 Å². The van der Waals surface area contributed by atoms with Crippen LogP contribution in [0.2, 0.25) is 0 Å². The van der Waals surface area contributed by atoms with Crippen molar-refractivity contribution in [1.82, 2.24) is 0 Å². The molecule has 30 heavy (non-hydrogen) atoms. The molecule has 158 valence electrons. The first-order chi connectivity index (χ1) is 14.5. The maximum Gasteiger partial charge on any atom is 0.311 e. The number of hydrogen-bond acceptors (Lipinski definition) is 4. The highest BCUT2D eigenvalue weighted by molar-refractivity contribution is 6.00. The van der Waals surface area contributed by atoms with Crippen LogP contribution in [0.5, 0.6) is 0 Å². The second kappa shape index (κ2) is 10.1. The lowest BCUT2D eigenvalue weighted by atomic mass is 10.1. The fraction of sp³-hybridized carbons (Fsp3) is 0.375. The zero-order valence-electron chi connectivity index (χ0n) is 17.5. The van der Waals surface area contributed by atoms with Gasteiger partial charge in [-0.3, -0.25) is 14.4 Å². The molecule has 3 rings (SSSR count). The predicted molar refractivity (Wildman–Crippen MR) is 116 cm³/mol. The monoisotopic (exact) mass is 408 g/mol. The Bertz CT molecular complexity index is 890. The highest BCUT2D eigenvalue weighted by Crippen LogP contribution is 2.26. The maximum absolute atomic E-state index is 12.4. The van der Waals surface area contributed by atoms with Gasteiger partial charge in [0.05, 0.1) is 5.92 Å². The van der Waals surface area contributed by atoms with Crippen LogP contribution in [0.25, 0.3) is 0 Å². The fourth-order valence-corrected chi connectivity index (χ4v) is 3.43. The number of amides is 2. The van der Waals surface area contributed by atoms with Crippen LogP contribution in [-0.4, -0.2) is 30.9 Å². The molecular formula is C24H28N2O4. The van der Waals surface area contributed by atoms with Gasteiger partial charge in [0.1, 0.15) is 0 Å². The second-order valence-electron chi connectivity index (χ2n) is 7.70. The van der Waals surface area contributed by atoms with Crippen molar-refractivity contribution in [2.24, 2.45) is 5.92 Å². The number of anilines is 2. The Balaban J connectivity index is 1.49. The molecule has 6 heteroatoms. The lowest BCUT2D eigenvalue weighted by molar-refractivity contribution is -0.151. The first-order valence-electron chi connectivity index (χ1n) is 10.4. The summed E-state index contributed by atoms with van der Waals surface area (Å²) in [5.74, 6) is -1.60. The molecule has 0 bridgehead atoms. The Kier molecular flexibility index (Phi) is 7.22. The SMILES string of the molecule is CCCCc1ccc(N2CC(C(=O)OCC(=O)Nc3ccc(C)cc3)CC2=O)cc1. The number of ether oxygens (including phenoxy) is 1. The highest BCUT2D eigenvalue weighted by atomic mass is 16.5. The van der Waals surface area contributed by atoms with Crippen molar-refractivity contribution in [3.8, 4) is 0 Å². The van der Waals surface area contributed by atoms with Gasteiger partial charge < -0.3 is 15.0 Å². The van der Waals surface area contributed by atoms with E-state index in [9.17, 15) is 14.4 Å². The number of benzene rings is 2. The summed E-state index contributed by atoms with van der Waals surface area (Å²) in [6, 6.07) is 15.2. The van der Waals surface area contributed by atoms with Crippen LogP contribution in [0.15, 0.2) is 48.5 Å². The molecule has 6 nitrogen and oxygen atoms in total. The van der Waals surface area contributed by atoms with Crippen molar-refractivity contribution in [2.45, 2.75) is 39.5 Å². The van der Waals surface area contributed by atoms with Gasteiger partial charge in [0.2, 0.25) is 5.91 Å². The van der Waals surface area contributed by atoms with E-state index >= 15 is 0 Å². The van der Waals surface area contributed by atoms with E-state index in [0.29, 0.717) is 5.69 Å². The van der Waals surface area contributed by atoms with Crippen LogP contribution in [0.4, 0.5) is 11.4 Å². The maximum atomic E-state index is 12.4. The minimum Gasteiger partial charge on any atom is -0.455 e. The third-order valence-electron chi connectivity index (χ3n) is 5.21. The number of hydrogen-bond donors (Lipinski definition) is 1. The van der Waals surface area contributed by atoms with E-state index in [0.717, 1.165) is 30.5 Å². The summed E-state index contributed by atoms with van der Waals surface area (Å²) < 4.78 is 5.15. The summed E-state index contributed by atoms with van der Waals surface area (Å²) in [6.07, 6.45) is 3.38. The van der Waals surface area contributed by atoms with Crippen LogP contribution in [0.1, 0.15) is 37.3 Å². The molecule has 2 aromatic carbocycles. The van der Waals surface area contributed by atoms with Gasteiger partial charge in [-0.1, -0.05) is 43.2 Å². The summed E-state index contributed by atoms with van der Waals surface area (Å²) in [5.41, 5.74) is 3.76. The minimum atomic E-state index is -0.565. The van der Waals surface area contributed by atoms with E-state index in [4.69, 9.17) is 4.74 Å². The molecule has 0 aliphatic carbocycles. The van der Waals surface area contributed by atoms with Crippen molar-refractivity contribution in [3.63, 3.8) is 0 Å². The van der Waals surface area contributed by atoms with E-state index < -0.39 is 17.8 Å². The number of unbranched alkanes of at least 4 members (excludes halogenated alkanes) is 1. The number of esters is 1. The van der Waals surface area contributed by atoms with Crippen LogP contribution in [-0.2, 0) is 25.5 Å². The molecule has 1 aliphatic heterocycles. The smallest absolute Gasteiger partial charge is 0.311 e. The standard InChI is InChI=1S/C24H28N2O4/c1-3-4-5-18-8-12-21(13-9-18)26-15-19(14-23(26)28)24(29)30-16-22(27)25-20-10-6-17(2)7-11-20/h6-13,19H,3-5,14-16H2,1-2H3,(H,25,27). The largest absolute Gasteiger partial charge is 0.455 e. The van der Waals surface area contributed by atoms with Crippen LogP contribution in [0.3, 0.4) is 0 Å². The average molecular weight is 408 g/mol. The van der Waals surface area contributed by atoms with Gasteiger partial charge in [0.25, 0.3) is 5.91 Å². The predicted octanol–water partition coefficient (Wildman–Crippen LogP) is 3.87. The molecule has 2 amide bonds. The van der Waals surface area contributed by atoms with E-state index in [1.807, 2.05) is 43.3 Å². The van der Waals surface area contributed by atoms with Gasteiger partial charge in [-0.25, -0.2) is 0 Å². The molecule has 1 heterocycles. The van der Waals surface area contributed by atoms with E-state index in [-0.39, 0.29) is 25.5 Å². The average Bonchev–Trinajstić information content (AvgIpc) is 3.14. The highest BCUT2D eigenvalue weighted by Gasteiger charge is 2.36. The van der Waals surface area contributed by atoms with E-state index in [1.54, 1.807) is 17.0 Å². The summed E-state index contributed by atoms with van der Waals surface area (Å²) in [6.45, 7) is 4.01. The zero-order valence-corrected chi connectivity index (χ0v) is 17.5. The van der Waals surface area contributed by atoms with Gasteiger partial charge in [0.15, 0.2) is 6.61 Å². The van der Waals surface area contributed by atoms with Crippen LogP contribution < -0.4 is 10.2 Å². The molecule has 0 radical (unpaired) electrons. The van der Waals surface area contributed by atoms with Crippen LogP contribution in [0, 0.1) is 12.8 Å².